The van der Waals surface area contributed by atoms with Crippen LogP contribution in [-0.2, 0) is 0 Å². The van der Waals surface area contributed by atoms with Gasteiger partial charge in [-0.3, -0.25) is 0 Å². The number of alkyl halides is 1. The molecule has 1 aliphatic carbocycles. The first kappa shape index (κ1) is 12.8. The Hall–Kier alpha value is 0.690. The first-order chi connectivity index (χ1) is 6.88. The molecule has 0 heterocycles. The van der Waals surface area contributed by atoms with Gasteiger partial charge in [-0.05, 0) is 41.9 Å². The van der Waals surface area contributed by atoms with Crippen molar-refractivity contribution in [2.24, 2.45) is 11.8 Å². The lowest BCUT2D eigenvalue weighted by atomic mass is 9.75. The second-order valence-electron chi connectivity index (χ2n) is 4.50. The van der Waals surface area contributed by atoms with Gasteiger partial charge in [0.1, 0.15) is 0 Å². The Balaban J connectivity index is 2.26. The lowest BCUT2D eigenvalue weighted by Crippen LogP contribution is -2.20. The first-order valence-electron chi connectivity index (χ1n) is 6.05. The molecule has 14 heavy (non-hydrogen) atoms. The van der Waals surface area contributed by atoms with Crippen molar-refractivity contribution < 1.29 is 5.11 Å². The molecule has 2 heteroatoms. The topological polar surface area (TPSA) is 20.2 Å². The van der Waals surface area contributed by atoms with E-state index < -0.39 is 0 Å². The van der Waals surface area contributed by atoms with E-state index in [4.69, 9.17) is 5.11 Å². The second kappa shape index (κ2) is 7.91. The third-order valence-electron chi connectivity index (χ3n) is 3.51. The largest absolute Gasteiger partial charge is 0.396 e. The van der Waals surface area contributed by atoms with Gasteiger partial charge in [0.15, 0.2) is 0 Å². The van der Waals surface area contributed by atoms with Crippen molar-refractivity contribution >= 4 is 22.6 Å². The Morgan fingerprint density at radius 2 is 1.57 bits per heavy atom. The average molecular weight is 310 g/mol. The van der Waals surface area contributed by atoms with E-state index >= 15 is 0 Å². The molecule has 0 spiro atoms. The predicted octanol–water partition coefficient (Wildman–Crippen LogP) is 3.78. The van der Waals surface area contributed by atoms with Crippen molar-refractivity contribution in [1.29, 1.82) is 0 Å². The van der Waals surface area contributed by atoms with Gasteiger partial charge in [0.05, 0.1) is 0 Å². The number of hydrogen-bond acceptors (Lipinski definition) is 1. The molecule has 1 rings (SSSR count). The average Bonchev–Trinajstić information content (AvgIpc) is 2.24. The van der Waals surface area contributed by atoms with E-state index in [9.17, 15) is 0 Å². The molecule has 0 aromatic carbocycles. The van der Waals surface area contributed by atoms with Gasteiger partial charge in [0.25, 0.3) is 0 Å². The molecular formula is C12H23IO. The van der Waals surface area contributed by atoms with Crippen molar-refractivity contribution in [1.82, 2.24) is 0 Å². The summed E-state index contributed by atoms with van der Waals surface area (Å²) in [7, 11) is 0. The molecule has 1 fully saturated rings. The van der Waals surface area contributed by atoms with Gasteiger partial charge >= 0.3 is 0 Å². The van der Waals surface area contributed by atoms with Gasteiger partial charge in [0.2, 0.25) is 0 Å². The van der Waals surface area contributed by atoms with Crippen molar-refractivity contribution in [3.8, 4) is 0 Å². The standard InChI is InChI=1S/C12H23IO/c13-9-3-7-11-5-1-2-6-12(11)8-4-10-14/h11-12,14H,1-10H2. The van der Waals surface area contributed by atoms with Gasteiger partial charge in [-0.25, -0.2) is 0 Å². The quantitative estimate of drug-likeness (QED) is 0.585. The summed E-state index contributed by atoms with van der Waals surface area (Å²) in [5.41, 5.74) is 0. The van der Waals surface area contributed by atoms with Gasteiger partial charge in [0, 0.05) is 6.61 Å². The Morgan fingerprint density at radius 3 is 2.07 bits per heavy atom. The molecule has 0 aromatic rings. The fraction of sp³-hybridized carbons (Fsp3) is 1.00. The zero-order valence-electron chi connectivity index (χ0n) is 9.05. The fourth-order valence-electron chi connectivity index (χ4n) is 2.74. The van der Waals surface area contributed by atoms with Gasteiger partial charge in [-0.15, -0.1) is 0 Å². The van der Waals surface area contributed by atoms with Crippen LogP contribution in [0.1, 0.15) is 51.4 Å². The smallest absolute Gasteiger partial charge is 0.0431 e. The molecular weight excluding hydrogens is 287 g/mol. The Kier molecular flexibility index (Phi) is 7.21. The van der Waals surface area contributed by atoms with Crippen LogP contribution in [0.5, 0.6) is 0 Å². The second-order valence-corrected chi connectivity index (χ2v) is 5.58. The van der Waals surface area contributed by atoms with Crippen LogP contribution in [0.15, 0.2) is 0 Å². The zero-order valence-corrected chi connectivity index (χ0v) is 11.2. The Morgan fingerprint density at radius 1 is 1.00 bits per heavy atom. The minimum atomic E-state index is 0.384. The molecule has 2 atom stereocenters. The van der Waals surface area contributed by atoms with E-state index in [-0.39, 0.29) is 0 Å². The first-order valence-corrected chi connectivity index (χ1v) is 7.58. The summed E-state index contributed by atoms with van der Waals surface area (Å²) < 4.78 is 1.31. The maximum Gasteiger partial charge on any atom is 0.0431 e. The molecule has 0 aliphatic heterocycles. The highest BCUT2D eigenvalue weighted by Crippen LogP contribution is 2.35. The Labute approximate surface area is 102 Å². The van der Waals surface area contributed by atoms with Gasteiger partial charge < -0.3 is 5.11 Å². The molecule has 1 nitrogen and oxygen atoms in total. The molecule has 0 radical (unpaired) electrons. The van der Waals surface area contributed by atoms with Crippen LogP contribution >= 0.6 is 22.6 Å². The number of aliphatic hydroxyl groups excluding tert-OH is 1. The predicted molar refractivity (Wildman–Crippen MR) is 69.9 cm³/mol. The van der Waals surface area contributed by atoms with E-state index in [0.29, 0.717) is 6.61 Å². The SMILES string of the molecule is OCCCC1CCCCC1CCCI. The number of rotatable bonds is 6. The Bertz CT molecular complexity index is 122. The maximum atomic E-state index is 8.86. The van der Waals surface area contributed by atoms with E-state index in [1.807, 2.05) is 0 Å². The van der Waals surface area contributed by atoms with E-state index in [2.05, 4.69) is 22.6 Å². The van der Waals surface area contributed by atoms with Crippen LogP contribution in [0.3, 0.4) is 0 Å². The van der Waals surface area contributed by atoms with Crippen molar-refractivity contribution in [2.75, 3.05) is 11.0 Å². The molecule has 2 unspecified atom stereocenters. The summed E-state index contributed by atoms with van der Waals surface area (Å²) >= 11 is 2.48. The van der Waals surface area contributed by atoms with Crippen LogP contribution in [-0.4, -0.2) is 16.1 Å². The highest BCUT2D eigenvalue weighted by Gasteiger charge is 2.23. The molecule has 1 saturated carbocycles. The van der Waals surface area contributed by atoms with E-state index in [1.165, 1.54) is 49.4 Å². The van der Waals surface area contributed by atoms with Gasteiger partial charge in [-0.1, -0.05) is 48.3 Å². The minimum absolute atomic E-state index is 0.384. The van der Waals surface area contributed by atoms with Gasteiger partial charge in [-0.2, -0.15) is 0 Å². The van der Waals surface area contributed by atoms with Crippen LogP contribution in [0, 0.1) is 11.8 Å². The third-order valence-corrected chi connectivity index (χ3v) is 4.27. The summed E-state index contributed by atoms with van der Waals surface area (Å²) in [6, 6.07) is 0. The lowest BCUT2D eigenvalue weighted by Gasteiger charge is -2.31. The molecule has 1 aliphatic rings. The fourth-order valence-corrected chi connectivity index (χ4v) is 3.18. The summed E-state index contributed by atoms with van der Waals surface area (Å²) in [5, 5.41) is 8.86. The number of halogens is 1. The van der Waals surface area contributed by atoms with Crippen LogP contribution < -0.4 is 0 Å². The lowest BCUT2D eigenvalue weighted by molar-refractivity contribution is 0.189. The number of hydrogen-bond donors (Lipinski definition) is 1. The van der Waals surface area contributed by atoms with Crippen LogP contribution in [0.2, 0.25) is 0 Å². The number of aliphatic hydroxyl groups is 1. The molecule has 0 saturated heterocycles. The maximum absolute atomic E-state index is 8.86. The van der Waals surface area contributed by atoms with Crippen LogP contribution in [0.25, 0.3) is 0 Å². The third kappa shape index (κ3) is 4.47. The normalized spacial score (nSPS) is 27.9. The molecule has 0 amide bonds. The summed E-state index contributed by atoms with van der Waals surface area (Å²) in [4.78, 5) is 0. The molecule has 1 N–H and O–H groups in total. The van der Waals surface area contributed by atoms with Crippen molar-refractivity contribution in [3.63, 3.8) is 0 Å². The van der Waals surface area contributed by atoms with Crippen molar-refractivity contribution in [3.05, 3.63) is 0 Å². The van der Waals surface area contributed by atoms with Crippen molar-refractivity contribution in [2.45, 2.75) is 51.4 Å². The highest BCUT2D eigenvalue weighted by atomic mass is 127. The monoisotopic (exact) mass is 310 g/mol. The molecule has 0 aromatic heterocycles. The van der Waals surface area contributed by atoms with E-state index in [0.717, 1.165) is 18.3 Å². The molecule has 84 valence electrons. The summed E-state index contributed by atoms with van der Waals surface area (Å²) in [5.74, 6) is 1.91. The summed E-state index contributed by atoms with van der Waals surface area (Å²) in [6.07, 6.45) is 10.9. The van der Waals surface area contributed by atoms with E-state index in [1.54, 1.807) is 0 Å². The van der Waals surface area contributed by atoms with Crippen LogP contribution in [0.4, 0.5) is 0 Å². The minimum Gasteiger partial charge on any atom is -0.396 e. The molecule has 0 bridgehead atoms. The zero-order chi connectivity index (χ0) is 10.2. The highest BCUT2D eigenvalue weighted by molar-refractivity contribution is 14.1. The summed E-state index contributed by atoms with van der Waals surface area (Å²) in [6.45, 7) is 0.384.